The minimum atomic E-state index is 0.191. The number of rotatable bonds is 3. The first-order valence-corrected chi connectivity index (χ1v) is 7.22. The molecule has 2 rings (SSSR count). The first-order chi connectivity index (χ1) is 8.97. The van der Waals surface area contributed by atoms with Crippen molar-refractivity contribution in [1.29, 1.82) is 0 Å². The molecule has 100 valence electrons. The van der Waals surface area contributed by atoms with Gasteiger partial charge in [0.1, 0.15) is 0 Å². The number of halogens is 2. The highest BCUT2D eigenvalue weighted by Crippen LogP contribution is 2.29. The molecule has 0 aromatic heterocycles. The summed E-state index contributed by atoms with van der Waals surface area (Å²) in [6.07, 6.45) is 0. The summed E-state index contributed by atoms with van der Waals surface area (Å²) in [6.45, 7) is 4.13. The summed E-state index contributed by atoms with van der Waals surface area (Å²) in [5.74, 6) is 0. The second-order valence-corrected chi connectivity index (χ2v) is 5.93. The summed E-state index contributed by atoms with van der Waals surface area (Å²) in [5, 5.41) is 4.04. The van der Waals surface area contributed by atoms with E-state index in [2.05, 4.69) is 40.3 Å². The molecule has 0 heterocycles. The van der Waals surface area contributed by atoms with Crippen molar-refractivity contribution in [3.63, 3.8) is 0 Å². The van der Waals surface area contributed by atoms with E-state index in [1.165, 1.54) is 5.56 Å². The molecule has 1 unspecified atom stereocenters. The van der Waals surface area contributed by atoms with Crippen LogP contribution < -0.4 is 11.1 Å². The molecule has 0 aliphatic heterocycles. The fourth-order valence-electron chi connectivity index (χ4n) is 1.95. The van der Waals surface area contributed by atoms with Gasteiger partial charge in [-0.05, 0) is 49.2 Å². The normalized spacial score (nSPS) is 12.2. The second kappa shape index (κ2) is 5.85. The highest BCUT2D eigenvalue weighted by Gasteiger charge is 2.09. The van der Waals surface area contributed by atoms with Crippen LogP contribution in [0.4, 0.5) is 11.4 Å². The Morgan fingerprint density at radius 2 is 2.00 bits per heavy atom. The third kappa shape index (κ3) is 3.43. The number of aryl methyl sites for hydroxylation is 1. The Morgan fingerprint density at radius 3 is 2.68 bits per heavy atom. The zero-order valence-electron chi connectivity index (χ0n) is 10.9. The monoisotopic (exact) mass is 338 g/mol. The zero-order chi connectivity index (χ0) is 14.0. The maximum atomic E-state index is 6.07. The SMILES string of the molecule is Cc1cc(N)c(Cl)cc1NC(C)c1cccc(Br)c1. The lowest BCUT2D eigenvalue weighted by atomic mass is 10.1. The summed E-state index contributed by atoms with van der Waals surface area (Å²) in [5.41, 5.74) is 9.70. The predicted octanol–water partition coefficient (Wildman–Crippen LogP) is 5.17. The van der Waals surface area contributed by atoms with Crippen LogP contribution in [0.25, 0.3) is 0 Å². The Labute approximate surface area is 127 Å². The van der Waals surface area contributed by atoms with Crippen LogP contribution in [-0.2, 0) is 0 Å². The lowest BCUT2D eigenvalue weighted by molar-refractivity contribution is 0.882. The lowest BCUT2D eigenvalue weighted by Gasteiger charge is -2.18. The molecule has 2 aromatic carbocycles. The van der Waals surface area contributed by atoms with E-state index in [4.69, 9.17) is 17.3 Å². The standard InChI is InChI=1S/C15H16BrClN2/c1-9-6-14(18)13(17)8-15(9)19-10(2)11-4-3-5-12(16)7-11/h3-8,10,19H,18H2,1-2H3. The molecule has 4 heteroatoms. The Hall–Kier alpha value is -1.19. The van der Waals surface area contributed by atoms with Crippen LogP contribution in [0.5, 0.6) is 0 Å². The third-order valence-corrected chi connectivity index (χ3v) is 3.88. The summed E-state index contributed by atoms with van der Waals surface area (Å²) in [4.78, 5) is 0. The number of nitrogens with one attached hydrogen (secondary N) is 1. The Bertz CT molecular complexity index is 599. The van der Waals surface area contributed by atoms with Gasteiger partial charge in [-0.3, -0.25) is 0 Å². The molecule has 0 spiro atoms. The average Bonchev–Trinajstić information content (AvgIpc) is 2.36. The number of nitrogens with two attached hydrogens (primary N) is 1. The van der Waals surface area contributed by atoms with Crippen molar-refractivity contribution in [3.8, 4) is 0 Å². The molecule has 2 nitrogen and oxygen atoms in total. The number of anilines is 2. The molecule has 19 heavy (non-hydrogen) atoms. The fraction of sp³-hybridized carbons (Fsp3) is 0.200. The molecule has 1 atom stereocenters. The minimum Gasteiger partial charge on any atom is -0.398 e. The smallest absolute Gasteiger partial charge is 0.0656 e. The second-order valence-electron chi connectivity index (χ2n) is 4.61. The van der Waals surface area contributed by atoms with Gasteiger partial charge >= 0.3 is 0 Å². The molecular formula is C15H16BrClN2. The van der Waals surface area contributed by atoms with Crippen LogP contribution >= 0.6 is 27.5 Å². The average molecular weight is 340 g/mol. The van der Waals surface area contributed by atoms with Gasteiger partial charge in [0.2, 0.25) is 0 Å². The summed E-state index contributed by atoms with van der Waals surface area (Å²) in [7, 11) is 0. The third-order valence-electron chi connectivity index (χ3n) is 3.06. The van der Waals surface area contributed by atoms with Gasteiger partial charge in [0.25, 0.3) is 0 Å². The first kappa shape index (κ1) is 14.2. The van der Waals surface area contributed by atoms with E-state index < -0.39 is 0 Å². The lowest BCUT2D eigenvalue weighted by Crippen LogP contribution is -2.08. The molecule has 2 aromatic rings. The van der Waals surface area contributed by atoms with Gasteiger partial charge in [-0.1, -0.05) is 39.7 Å². The van der Waals surface area contributed by atoms with Crippen molar-refractivity contribution in [3.05, 3.63) is 57.0 Å². The van der Waals surface area contributed by atoms with Crippen molar-refractivity contribution in [2.24, 2.45) is 0 Å². The Morgan fingerprint density at radius 1 is 1.26 bits per heavy atom. The van der Waals surface area contributed by atoms with E-state index in [9.17, 15) is 0 Å². The Kier molecular flexibility index (Phi) is 4.38. The number of nitrogen functional groups attached to an aromatic ring is 1. The zero-order valence-corrected chi connectivity index (χ0v) is 13.2. The van der Waals surface area contributed by atoms with Gasteiger partial charge in [-0.15, -0.1) is 0 Å². The highest BCUT2D eigenvalue weighted by molar-refractivity contribution is 9.10. The van der Waals surface area contributed by atoms with E-state index in [0.717, 1.165) is 15.7 Å². The van der Waals surface area contributed by atoms with Crippen LogP contribution in [-0.4, -0.2) is 0 Å². The van der Waals surface area contributed by atoms with Crippen LogP contribution in [0.2, 0.25) is 5.02 Å². The summed E-state index contributed by atoms with van der Waals surface area (Å²) in [6, 6.07) is 12.2. The van der Waals surface area contributed by atoms with E-state index in [-0.39, 0.29) is 6.04 Å². The van der Waals surface area contributed by atoms with Crippen LogP contribution in [0, 0.1) is 6.92 Å². The van der Waals surface area contributed by atoms with Crippen molar-refractivity contribution >= 4 is 38.9 Å². The molecule has 3 N–H and O–H groups in total. The summed E-state index contributed by atoms with van der Waals surface area (Å²) < 4.78 is 1.07. The maximum absolute atomic E-state index is 6.07. The van der Waals surface area contributed by atoms with Crippen LogP contribution in [0.3, 0.4) is 0 Å². The van der Waals surface area contributed by atoms with E-state index in [0.29, 0.717) is 10.7 Å². The molecule has 0 saturated carbocycles. The molecule has 0 radical (unpaired) electrons. The van der Waals surface area contributed by atoms with Gasteiger partial charge in [0, 0.05) is 16.2 Å². The van der Waals surface area contributed by atoms with Crippen molar-refractivity contribution in [1.82, 2.24) is 0 Å². The van der Waals surface area contributed by atoms with Gasteiger partial charge in [0.05, 0.1) is 10.7 Å². The van der Waals surface area contributed by atoms with E-state index >= 15 is 0 Å². The van der Waals surface area contributed by atoms with Gasteiger partial charge in [-0.2, -0.15) is 0 Å². The maximum Gasteiger partial charge on any atom is 0.0656 e. The molecule has 0 amide bonds. The molecule has 0 bridgehead atoms. The number of hydrogen-bond acceptors (Lipinski definition) is 2. The highest BCUT2D eigenvalue weighted by atomic mass is 79.9. The minimum absolute atomic E-state index is 0.191. The summed E-state index contributed by atoms with van der Waals surface area (Å²) >= 11 is 9.55. The number of benzene rings is 2. The van der Waals surface area contributed by atoms with Crippen molar-refractivity contribution in [2.75, 3.05) is 11.1 Å². The number of hydrogen-bond donors (Lipinski definition) is 2. The van der Waals surface area contributed by atoms with Crippen molar-refractivity contribution < 1.29 is 0 Å². The van der Waals surface area contributed by atoms with Gasteiger partial charge in [-0.25, -0.2) is 0 Å². The largest absolute Gasteiger partial charge is 0.398 e. The predicted molar refractivity (Wildman–Crippen MR) is 86.8 cm³/mol. The van der Waals surface area contributed by atoms with Gasteiger partial charge < -0.3 is 11.1 Å². The van der Waals surface area contributed by atoms with E-state index in [1.54, 1.807) is 0 Å². The van der Waals surface area contributed by atoms with E-state index in [1.807, 2.05) is 31.2 Å². The first-order valence-electron chi connectivity index (χ1n) is 6.05. The van der Waals surface area contributed by atoms with Crippen LogP contribution in [0.15, 0.2) is 40.9 Å². The quantitative estimate of drug-likeness (QED) is 0.757. The molecule has 0 saturated heterocycles. The fourth-order valence-corrected chi connectivity index (χ4v) is 2.53. The molecule has 0 aliphatic carbocycles. The van der Waals surface area contributed by atoms with Gasteiger partial charge in [0.15, 0.2) is 0 Å². The van der Waals surface area contributed by atoms with Crippen LogP contribution in [0.1, 0.15) is 24.1 Å². The van der Waals surface area contributed by atoms with Crippen molar-refractivity contribution in [2.45, 2.75) is 19.9 Å². The topological polar surface area (TPSA) is 38.0 Å². The molecular weight excluding hydrogens is 324 g/mol. The Balaban J connectivity index is 2.24. The molecule has 0 aliphatic rings. The molecule has 0 fully saturated rings.